The predicted molar refractivity (Wildman–Crippen MR) is 115 cm³/mol. The van der Waals surface area contributed by atoms with E-state index in [1.165, 1.54) is 15.9 Å². The Balaban J connectivity index is 1.40. The van der Waals surface area contributed by atoms with Crippen LogP contribution in [0.4, 0.5) is 0 Å². The quantitative estimate of drug-likeness (QED) is 0.444. The van der Waals surface area contributed by atoms with Crippen molar-refractivity contribution in [1.29, 1.82) is 0 Å². The van der Waals surface area contributed by atoms with Crippen LogP contribution in [0.1, 0.15) is 17.5 Å². The highest BCUT2D eigenvalue weighted by molar-refractivity contribution is 7.15. The minimum Gasteiger partial charge on any atom is -0.485 e. The molecule has 2 aromatic heterocycles. The van der Waals surface area contributed by atoms with Crippen molar-refractivity contribution in [2.45, 2.75) is 6.10 Å². The lowest BCUT2D eigenvalue weighted by Gasteiger charge is -2.24. The molecule has 0 bridgehead atoms. The third-order valence-corrected chi connectivity index (χ3v) is 6.06. The number of aromatic nitrogens is 3. The van der Waals surface area contributed by atoms with Crippen molar-refractivity contribution in [3.63, 3.8) is 0 Å². The highest BCUT2D eigenvalue weighted by atomic mass is 32.1. The summed E-state index contributed by atoms with van der Waals surface area (Å²) >= 11 is 1.32. The molecule has 1 atom stereocenters. The molecule has 7 heteroatoms. The Morgan fingerprint density at radius 1 is 1.00 bits per heavy atom. The van der Waals surface area contributed by atoms with Crippen molar-refractivity contribution >= 4 is 33.1 Å². The van der Waals surface area contributed by atoms with Gasteiger partial charge >= 0.3 is 0 Å². The summed E-state index contributed by atoms with van der Waals surface area (Å²) in [6, 6.07) is 21.7. The van der Waals surface area contributed by atoms with Gasteiger partial charge in [-0.15, -0.1) is 5.10 Å². The Morgan fingerprint density at radius 3 is 2.70 bits per heavy atom. The van der Waals surface area contributed by atoms with Gasteiger partial charge in [0.05, 0.1) is 4.53 Å². The van der Waals surface area contributed by atoms with Gasteiger partial charge in [-0.1, -0.05) is 65.9 Å². The molecule has 0 fully saturated rings. The molecule has 1 aliphatic heterocycles. The van der Waals surface area contributed by atoms with Gasteiger partial charge in [0.1, 0.15) is 6.61 Å². The van der Waals surface area contributed by atoms with Crippen LogP contribution >= 0.6 is 11.3 Å². The third kappa shape index (κ3) is 2.74. The Morgan fingerprint density at radius 2 is 1.80 bits per heavy atom. The monoisotopic (exact) mass is 413 g/mol. The maximum atomic E-state index is 12.9. The van der Waals surface area contributed by atoms with E-state index < -0.39 is 6.10 Å². The van der Waals surface area contributed by atoms with Crippen LogP contribution in [-0.4, -0.2) is 21.2 Å². The summed E-state index contributed by atoms with van der Waals surface area (Å²) in [5.74, 6) is 1.80. The molecule has 0 saturated carbocycles. The lowest BCUT2D eigenvalue weighted by atomic mass is 10.0. The number of hydrogen-bond donors (Lipinski definition) is 0. The molecule has 30 heavy (non-hydrogen) atoms. The van der Waals surface area contributed by atoms with Gasteiger partial charge in [-0.3, -0.25) is 4.79 Å². The minimum atomic E-state index is -0.447. The summed E-state index contributed by atoms with van der Waals surface area (Å²) < 4.78 is 13.6. The van der Waals surface area contributed by atoms with E-state index in [0.29, 0.717) is 33.4 Å². The zero-order valence-electron chi connectivity index (χ0n) is 15.7. The fourth-order valence-corrected chi connectivity index (χ4v) is 4.56. The van der Waals surface area contributed by atoms with Crippen molar-refractivity contribution in [1.82, 2.24) is 14.6 Å². The zero-order chi connectivity index (χ0) is 20.1. The predicted octanol–water partition coefficient (Wildman–Crippen LogP) is 3.36. The molecule has 0 amide bonds. The van der Waals surface area contributed by atoms with Crippen molar-refractivity contribution < 1.29 is 9.47 Å². The largest absolute Gasteiger partial charge is 0.485 e. The van der Waals surface area contributed by atoms with E-state index in [1.54, 1.807) is 0 Å². The van der Waals surface area contributed by atoms with Crippen LogP contribution in [0.5, 0.6) is 11.5 Å². The molecule has 0 spiro atoms. The first kappa shape index (κ1) is 17.2. The number of ether oxygens (including phenoxy) is 2. The summed E-state index contributed by atoms with van der Waals surface area (Å²) in [6.07, 6.45) is 1.46. The molecule has 6 nitrogen and oxygen atoms in total. The second-order valence-electron chi connectivity index (χ2n) is 7.01. The summed E-state index contributed by atoms with van der Waals surface area (Å²) in [5, 5.41) is 6.65. The van der Waals surface area contributed by atoms with E-state index in [-0.39, 0.29) is 5.56 Å². The fraction of sp³-hybridized carbons (Fsp3) is 0.0870. The minimum absolute atomic E-state index is 0.182. The molecule has 5 aromatic rings. The molecule has 0 N–H and O–H groups in total. The topological polar surface area (TPSA) is 65.7 Å². The first-order chi connectivity index (χ1) is 14.8. The molecule has 6 rings (SSSR count). The summed E-state index contributed by atoms with van der Waals surface area (Å²) in [4.78, 5) is 18.0. The number of rotatable bonds is 2. The maximum absolute atomic E-state index is 12.9. The second kappa shape index (κ2) is 6.67. The lowest BCUT2D eigenvalue weighted by molar-refractivity contribution is 0.0852. The first-order valence-electron chi connectivity index (χ1n) is 9.54. The van der Waals surface area contributed by atoms with E-state index in [4.69, 9.17) is 9.47 Å². The number of fused-ring (bicyclic) bond motifs is 3. The van der Waals surface area contributed by atoms with E-state index in [1.807, 2.05) is 54.6 Å². The standard InChI is InChI=1S/C23H15N3O3S/c27-22-20(12-15-8-5-7-14-6-1-2-9-16(14)15)30-23-24-21(25-26(22)23)19-13-28-17-10-3-4-11-18(17)29-19/h1-12,19H,13H2/b20-12-. The van der Waals surface area contributed by atoms with E-state index in [9.17, 15) is 4.79 Å². The maximum Gasteiger partial charge on any atom is 0.291 e. The van der Waals surface area contributed by atoms with Crippen molar-refractivity contribution in [2.75, 3.05) is 6.61 Å². The van der Waals surface area contributed by atoms with E-state index >= 15 is 0 Å². The Kier molecular flexibility index (Phi) is 3.82. The highest BCUT2D eigenvalue weighted by Gasteiger charge is 2.27. The van der Waals surface area contributed by atoms with Gasteiger partial charge in [-0.25, -0.2) is 0 Å². The Labute approximate surface area is 174 Å². The summed E-state index contributed by atoms with van der Waals surface area (Å²) in [7, 11) is 0. The fourth-order valence-electron chi connectivity index (χ4n) is 3.65. The van der Waals surface area contributed by atoms with Gasteiger partial charge < -0.3 is 9.47 Å². The van der Waals surface area contributed by atoms with Crippen LogP contribution in [0.15, 0.2) is 71.5 Å². The zero-order valence-corrected chi connectivity index (χ0v) is 16.5. The molecule has 1 unspecified atom stereocenters. The average molecular weight is 413 g/mol. The summed E-state index contributed by atoms with van der Waals surface area (Å²) in [6.45, 7) is 0.304. The molecular formula is C23H15N3O3S. The highest BCUT2D eigenvalue weighted by Crippen LogP contribution is 2.35. The Hall–Kier alpha value is -3.71. The van der Waals surface area contributed by atoms with Crippen LogP contribution in [0, 0.1) is 0 Å². The molecule has 0 saturated heterocycles. The van der Waals surface area contributed by atoms with Gasteiger partial charge in [-0.05, 0) is 34.5 Å². The average Bonchev–Trinajstić information content (AvgIpc) is 3.33. The molecule has 0 aliphatic carbocycles. The SMILES string of the molecule is O=c1/c(=C/c2cccc3ccccc23)sc2nc(C3COc4ccccc4O3)nn12. The van der Waals surface area contributed by atoms with Crippen molar-refractivity contribution in [3.8, 4) is 11.5 Å². The lowest BCUT2D eigenvalue weighted by Crippen LogP contribution is -2.26. The third-order valence-electron chi connectivity index (χ3n) is 5.10. The van der Waals surface area contributed by atoms with Crippen molar-refractivity contribution in [2.24, 2.45) is 0 Å². The van der Waals surface area contributed by atoms with Gasteiger partial charge in [-0.2, -0.15) is 9.50 Å². The van der Waals surface area contributed by atoms with Crippen LogP contribution in [-0.2, 0) is 0 Å². The number of benzene rings is 3. The first-order valence-corrected chi connectivity index (χ1v) is 10.4. The smallest absolute Gasteiger partial charge is 0.291 e. The summed E-state index contributed by atoms with van der Waals surface area (Å²) in [5.41, 5.74) is 0.814. The number of hydrogen-bond acceptors (Lipinski definition) is 6. The molecule has 0 radical (unpaired) electrons. The molecule has 3 heterocycles. The van der Waals surface area contributed by atoms with Gasteiger partial charge in [0, 0.05) is 0 Å². The number of para-hydroxylation sites is 2. The molecular weight excluding hydrogens is 398 g/mol. The molecule has 3 aromatic carbocycles. The number of thiazole rings is 1. The Bertz CT molecular complexity index is 1520. The van der Waals surface area contributed by atoms with Crippen LogP contribution < -0.4 is 19.6 Å². The molecule has 146 valence electrons. The van der Waals surface area contributed by atoms with Crippen LogP contribution in [0.2, 0.25) is 0 Å². The van der Waals surface area contributed by atoms with Crippen LogP contribution in [0.3, 0.4) is 0 Å². The van der Waals surface area contributed by atoms with Gasteiger partial charge in [0.25, 0.3) is 5.56 Å². The van der Waals surface area contributed by atoms with Gasteiger partial charge in [0.2, 0.25) is 4.96 Å². The van der Waals surface area contributed by atoms with Crippen molar-refractivity contribution in [3.05, 3.63) is 93.0 Å². The van der Waals surface area contributed by atoms with E-state index in [2.05, 4.69) is 28.3 Å². The van der Waals surface area contributed by atoms with Crippen LogP contribution in [0.25, 0.3) is 21.8 Å². The molecule has 1 aliphatic rings. The number of nitrogens with zero attached hydrogens (tertiary/aromatic N) is 3. The van der Waals surface area contributed by atoms with E-state index in [0.717, 1.165) is 16.3 Å². The normalized spacial score (nSPS) is 16.4. The second-order valence-corrected chi connectivity index (χ2v) is 8.02. The van der Waals surface area contributed by atoms with Gasteiger partial charge in [0.15, 0.2) is 23.4 Å².